The van der Waals surface area contributed by atoms with Gasteiger partial charge in [-0.15, -0.1) is 0 Å². The summed E-state index contributed by atoms with van der Waals surface area (Å²) in [7, 11) is 2.15. The van der Waals surface area contributed by atoms with Crippen LogP contribution in [0, 0.1) is 12.8 Å². The van der Waals surface area contributed by atoms with E-state index in [0.29, 0.717) is 6.04 Å². The Hall–Kier alpha value is -0.860. The maximum absolute atomic E-state index is 10.3. The monoisotopic (exact) mass is 261 g/mol. The molecule has 1 N–H and O–H groups in total. The minimum atomic E-state index is -0.372. The molecular formula is C17H27NO. The molecule has 0 heterocycles. The van der Waals surface area contributed by atoms with Gasteiger partial charge < -0.3 is 10.0 Å². The highest BCUT2D eigenvalue weighted by Gasteiger charge is 2.23. The lowest BCUT2D eigenvalue weighted by molar-refractivity contribution is 0.0831. The third-order valence-electron chi connectivity index (χ3n) is 4.46. The second-order valence-electron chi connectivity index (χ2n) is 6.29. The number of likely N-dealkylation sites (N-methyl/N-ethyl adjacent to an activating group) is 1. The lowest BCUT2D eigenvalue weighted by Crippen LogP contribution is -2.38. The fraction of sp³-hybridized carbons (Fsp3) is 0.647. The number of hydrogen-bond donors (Lipinski definition) is 1. The predicted molar refractivity (Wildman–Crippen MR) is 80.2 cm³/mol. The van der Waals surface area contributed by atoms with Crippen molar-refractivity contribution >= 4 is 0 Å². The molecular weight excluding hydrogens is 234 g/mol. The molecule has 19 heavy (non-hydrogen) atoms. The van der Waals surface area contributed by atoms with Crippen molar-refractivity contribution in [3.05, 3.63) is 35.4 Å². The Morgan fingerprint density at radius 3 is 2.58 bits per heavy atom. The number of rotatable bonds is 4. The van der Waals surface area contributed by atoms with Crippen molar-refractivity contribution in [2.24, 2.45) is 5.92 Å². The van der Waals surface area contributed by atoms with Gasteiger partial charge in [0.2, 0.25) is 0 Å². The van der Waals surface area contributed by atoms with Crippen LogP contribution in [0.2, 0.25) is 0 Å². The number of benzene rings is 1. The molecule has 106 valence electrons. The summed E-state index contributed by atoms with van der Waals surface area (Å²) in [5.74, 6) is 0.831. The van der Waals surface area contributed by atoms with Crippen LogP contribution in [0.5, 0.6) is 0 Å². The van der Waals surface area contributed by atoms with E-state index >= 15 is 0 Å². The van der Waals surface area contributed by atoms with Crippen molar-refractivity contribution in [2.75, 3.05) is 13.6 Å². The predicted octanol–water partition coefficient (Wildman–Crippen LogP) is 3.54. The van der Waals surface area contributed by atoms with Crippen LogP contribution < -0.4 is 0 Å². The third-order valence-corrected chi connectivity index (χ3v) is 4.46. The van der Waals surface area contributed by atoms with E-state index in [1.807, 2.05) is 12.1 Å². The zero-order chi connectivity index (χ0) is 13.8. The Morgan fingerprint density at radius 1 is 1.26 bits per heavy atom. The molecule has 2 nitrogen and oxygen atoms in total. The third kappa shape index (κ3) is 4.05. The zero-order valence-electron chi connectivity index (χ0n) is 12.5. The Kier molecular flexibility index (Phi) is 5.00. The van der Waals surface area contributed by atoms with Gasteiger partial charge in [-0.1, -0.05) is 49.6 Å². The summed E-state index contributed by atoms with van der Waals surface area (Å²) in [6.07, 6.45) is 4.88. The highest BCUT2D eigenvalue weighted by molar-refractivity contribution is 5.23. The highest BCUT2D eigenvalue weighted by Crippen LogP contribution is 2.27. The molecule has 0 aromatic heterocycles. The second kappa shape index (κ2) is 6.53. The fourth-order valence-corrected chi connectivity index (χ4v) is 3.12. The minimum absolute atomic E-state index is 0.372. The summed E-state index contributed by atoms with van der Waals surface area (Å²) in [6.45, 7) is 5.16. The normalized spacial score (nSPS) is 25.5. The van der Waals surface area contributed by atoms with Crippen molar-refractivity contribution in [1.82, 2.24) is 4.90 Å². The van der Waals surface area contributed by atoms with Crippen molar-refractivity contribution < 1.29 is 5.11 Å². The van der Waals surface area contributed by atoms with E-state index in [-0.39, 0.29) is 6.10 Å². The van der Waals surface area contributed by atoms with Crippen molar-refractivity contribution in [3.63, 3.8) is 0 Å². The molecule has 0 amide bonds. The summed E-state index contributed by atoms with van der Waals surface area (Å²) in [4.78, 5) is 2.35. The molecule has 2 heteroatoms. The van der Waals surface area contributed by atoms with Crippen LogP contribution in [0.4, 0.5) is 0 Å². The van der Waals surface area contributed by atoms with Crippen molar-refractivity contribution in [3.8, 4) is 0 Å². The van der Waals surface area contributed by atoms with Crippen LogP contribution in [0.15, 0.2) is 24.3 Å². The molecule has 1 aliphatic carbocycles. The number of aliphatic hydroxyl groups is 1. The quantitative estimate of drug-likeness (QED) is 0.896. The van der Waals surface area contributed by atoms with E-state index in [4.69, 9.17) is 0 Å². The first-order chi connectivity index (χ1) is 9.06. The van der Waals surface area contributed by atoms with Crippen LogP contribution in [0.3, 0.4) is 0 Å². The zero-order valence-corrected chi connectivity index (χ0v) is 12.5. The molecule has 3 unspecified atom stereocenters. The first-order valence-electron chi connectivity index (χ1n) is 7.51. The molecule has 0 aliphatic heterocycles. The molecule has 1 saturated carbocycles. The van der Waals surface area contributed by atoms with Gasteiger partial charge in [-0.25, -0.2) is 0 Å². The van der Waals surface area contributed by atoms with Gasteiger partial charge >= 0.3 is 0 Å². The summed E-state index contributed by atoms with van der Waals surface area (Å²) >= 11 is 0. The molecule has 2 rings (SSSR count). The summed E-state index contributed by atoms with van der Waals surface area (Å²) in [5.41, 5.74) is 2.27. The second-order valence-corrected chi connectivity index (χ2v) is 6.29. The van der Waals surface area contributed by atoms with Crippen molar-refractivity contribution in [2.45, 2.75) is 51.7 Å². The van der Waals surface area contributed by atoms with Crippen LogP contribution in [-0.2, 0) is 0 Å². The van der Waals surface area contributed by atoms with E-state index in [1.165, 1.54) is 31.2 Å². The van der Waals surface area contributed by atoms with E-state index < -0.39 is 0 Å². The molecule has 3 atom stereocenters. The first-order valence-corrected chi connectivity index (χ1v) is 7.51. The van der Waals surface area contributed by atoms with E-state index in [2.05, 4.69) is 37.9 Å². The lowest BCUT2D eigenvalue weighted by Gasteiger charge is -2.35. The molecule has 1 aromatic carbocycles. The van der Waals surface area contributed by atoms with Crippen LogP contribution in [-0.4, -0.2) is 29.6 Å². The average Bonchev–Trinajstić information content (AvgIpc) is 2.39. The Balaban J connectivity index is 1.90. The molecule has 1 fully saturated rings. The molecule has 1 aromatic rings. The number of aryl methyl sites for hydroxylation is 1. The maximum Gasteiger partial charge on any atom is 0.0916 e. The van der Waals surface area contributed by atoms with Crippen LogP contribution in [0.25, 0.3) is 0 Å². The summed E-state index contributed by atoms with van der Waals surface area (Å²) in [5, 5.41) is 10.3. The van der Waals surface area contributed by atoms with Gasteiger partial charge in [0.1, 0.15) is 0 Å². The SMILES string of the molecule is Cc1ccc(C(O)CN(C)C2CCCC(C)C2)cc1. The fourth-order valence-electron chi connectivity index (χ4n) is 3.12. The first kappa shape index (κ1) is 14.5. The summed E-state index contributed by atoms with van der Waals surface area (Å²) in [6, 6.07) is 8.86. The van der Waals surface area contributed by atoms with Gasteiger partial charge in [0.05, 0.1) is 6.10 Å². The van der Waals surface area contributed by atoms with Gasteiger partial charge in [-0.2, -0.15) is 0 Å². The smallest absolute Gasteiger partial charge is 0.0916 e. The number of nitrogens with zero attached hydrogens (tertiary/aromatic N) is 1. The average molecular weight is 261 g/mol. The van der Waals surface area contributed by atoms with Gasteiger partial charge in [-0.05, 0) is 38.3 Å². The molecule has 0 saturated heterocycles. The minimum Gasteiger partial charge on any atom is -0.387 e. The Bertz CT molecular complexity index is 387. The van der Waals surface area contributed by atoms with E-state index in [1.54, 1.807) is 0 Å². The van der Waals surface area contributed by atoms with Gasteiger partial charge in [0.25, 0.3) is 0 Å². The van der Waals surface area contributed by atoms with Crippen LogP contribution >= 0.6 is 0 Å². The Labute approximate surface area is 117 Å². The van der Waals surface area contributed by atoms with Gasteiger partial charge in [0.15, 0.2) is 0 Å². The van der Waals surface area contributed by atoms with Gasteiger partial charge in [0, 0.05) is 12.6 Å². The van der Waals surface area contributed by atoms with Gasteiger partial charge in [-0.3, -0.25) is 0 Å². The number of aliphatic hydroxyl groups excluding tert-OH is 1. The van der Waals surface area contributed by atoms with Crippen LogP contribution in [0.1, 0.15) is 49.8 Å². The molecule has 1 aliphatic rings. The standard InChI is InChI=1S/C17H27NO/c1-13-7-9-15(10-8-13)17(19)12-18(3)16-6-4-5-14(2)11-16/h7-10,14,16-17,19H,4-6,11-12H2,1-3H3. The topological polar surface area (TPSA) is 23.5 Å². The summed E-state index contributed by atoms with van der Waals surface area (Å²) < 4.78 is 0. The highest BCUT2D eigenvalue weighted by atomic mass is 16.3. The largest absolute Gasteiger partial charge is 0.387 e. The van der Waals surface area contributed by atoms with E-state index in [9.17, 15) is 5.11 Å². The molecule has 0 spiro atoms. The lowest BCUT2D eigenvalue weighted by atomic mass is 9.86. The maximum atomic E-state index is 10.3. The van der Waals surface area contributed by atoms with Crippen molar-refractivity contribution in [1.29, 1.82) is 0 Å². The Morgan fingerprint density at radius 2 is 1.95 bits per heavy atom. The van der Waals surface area contributed by atoms with E-state index in [0.717, 1.165) is 18.0 Å². The number of hydrogen-bond acceptors (Lipinski definition) is 2. The molecule has 0 bridgehead atoms. The molecule has 0 radical (unpaired) electrons.